The number of aliphatic hydroxyl groups excluding tert-OH is 1. The average Bonchev–Trinajstić information content (AvgIpc) is 2.27. The van der Waals surface area contributed by atoms with Crippen LogP contribution in [0.15, 0.2) is 0 Å². The van der Waals surface area contributed by atoms with E-state index in [1.165, 1.54) is 0 Å². The molecule has 3 unspecified atom stereocenters. The quantitative estimate of drug-likeness (QED) is 0.548. The molecule has 0 aromatic heterocycles. The summed E-state index contributed by atoms with van der Waals surface area (Å²) in [6.07, 6.45) is 2.83. The number of aliphatic hydroxyl groups is 1. The van der Waals surface area contributed by atoms with Gasteiger partial charge in [0.05, 0.1) is 12.5 Å². The Morgan fingerprint density at radius 1 is 1.58 bits per heavy atom. The lowest BCUT2D eigenvalue weighted by atomic mass is 9.75. The minimum atomic E-state index is -0.574. The monoisotopic (exact) mass is 170 g/mol. The molecule has 2 fully saturated rings. The van der Waals surface area contributed by atoms with Gasteiger partial charge in [0, 0.05) is 5.92 Å². The van der Waals surface area contributed by atoms with Gasteiger partial charge in [-0.25, -0.2) is 0 Å². The lowest BCUT2D eigenvalue weighted by Crippen LogP contribution is -2.47. The normalized spacial score (nSPS) is 47.0. The first-order chi connectivity index (χ1) is 5.63. The van der Waals surface area contributed by atoms with Crippen molar-refractivity contribution in [3.05, 3.63) is 0 Å². The highest BCUT2D eigenvalue weighted by Crippen LogP contribution is 2.43. The molecule has 0 amide bonds. The SMILES string of the molecule is CC12OC(=O)CC1CCCC2O. The average molecular weight is 170 g/mol. The Morgan fingerprint density at radius 3 is 3.00 bits per heavy atom. The second-order valence-corrected chi connectivity index (χ2v) is 4.01. The van der Waals surface area contributed by atoms with E-state index in [0.29, 0.717) is 6.42 Å². The summed E-state index contributed by atoms with van der Waals surface area (Å²) in [6, 6.07) is 0. The second kappa shape index (κ2) is 2.46. The summed E-state index contributed by atoms with van der Waals surface area (Å²) < 4.78 is 5.18. The molecule has 0 radical (unpaired) electrons. The highest BCUT2D eigenvalue weighted by molar-refractivity contribution is 5.73. The molecule has 0 bridgehead atoms. The topological polar surface area (TPSA) is 46.5 Å². The fourth-order valence-corrected chi connectivity index (χ4v) is 2.35. The first kappa shape index (κ1) is 8.05. The minimum absolute atomic E-state index is 0.150. The summed E-state index contributed by atoms with van der Waals surface area (Å²) in [5.74, 6) is 0.0946. The molecule has 1 aliphatic heterocycles. The van der Waals surface area contributed by atoms with Crippen LogP contribution in [0.25, 0.3) is 0 Å². The lowest BCUT2D eigenvalue weighted by molar-refractivity contribution is -0.162. The van der Waals surface area contributed by atoms with Gasteiger partial charge in [0.15, 0.2) is 0 Å². The van der Waals surface area contributed by atoms with E-state index in [2.05, 4.69) is 0 Å². The van der Waals surface area contributed by atoms with E-state index in [-0.39, 0.29) is 11.9 Å². The molecule has 2 aliphatic rings. The molecule has 1 saturated heterocycles. The number of fused-ring (bicyclic) bond motifs is 1. The Morgan fingerprint density at radius 2 is 2.33 bits per heavy atom. The number of esters is 1. The van der Waals surface area contributed by atoms with Crippen molar-refractivity contribution in [2.75, 3.05) is 0 Å². The van der Waals surface area contributed by atoms with Crippen molar-refractivity contribution in [1.29, 1.82) is 0 Å². The lowest BCUT2D eigenvalue weighted by Gasteiger charge is -2.38. The van der Waals surface area contributed by atoms with Gasteiger partial charge >= 0.3 is 5.97 Å². The zero-order valence-electron chi connectivity index (χ0n) is 7.25. The maximum absolute atomic E-state index is 11.0. The Labute approximate surface area is 71.7 Å². The van der Waals surface area contributed by atoms with Crippen molar-refractivity contribution in [3.8, 4) is 0 Å². The molecule has 0 aromatic rings. The highest BCUT2D eigenvalue weighted by atomic mass is 16.6. The van der Waals surface area contributed by atoms with Crippen LogP contribution < -0.4 is 0 Å². The van der Waals surface area contributed by atoms with Gasteiger partial charge < -0.3 is 9.84 Å². The van der Waals surface area contributed by atoms with Crippen LogP contribution in [0.5, 0.6) is 0 Å². The van der Waals surface area contributed by atoms with Crippen LogP contribution in [0.4, 0.5) is 0 Å². The number of rotatable bonds is 0. The maximum atomic E-state index is 11.0. The van der Waals surface area contributed by atoms with Crippen LogP contribution in [0.3, 0.4) is 0 Å². The van der Waals surface area contributed by atoms with Crippen LogP contribution in [0, 0.1) is 5.92 Å². The van der Waals surface area contributed by atoms with Crippen LogP contribution in [-0.2, 0) is 9.53 Å². The number of carbonyl (C=O) groups excluding carboxylic acids is 1. The van der Waals surface area contributed by atoms with E-state index in [0.717, 1.165) is 19.3 Å². The Kier molecular flexibility index (Phi) is 1.65. The molecular weight excluding hydrogens is 156 g/mol. The molecule has 1 saturated carbocycles. The van der Waals surface area contributed by atoms with Crippen LogP contribution in [0.2, 0.25) is 0 Å². The molecular formula is C9H14O3. The molecule has 1 heterocycles. The van der Waals surface area contributed by atoms with Crippen molar-refractivity contribution >= 4 is 5.97 Å². The molecule has 3 atom stereocenters. The zero-order valence-corrected chi connectivity index (χ0v) is 7.25. The summed E-state index contributed by atoms with van der Waals surface area (Å²) in [7, 11) is 0. The Bertz CT molecular complexity index is 214. The van der Waals surface area contributed by atoms with E-state index in [1.807, 2.05) is 6.92 Å². The van der Waals surface area contributed by atoms with Gasteiger partial charge in [-0.3, -0.25) is 4.79 Å². The molecule has 1 aliphatic carbocycles. The summed E-state index contributed by atoms with van der Waals surface area (Å²) in [6.45, 7) is 1.85. The van der Waals surface area contributed by atoms with Gasteiger partial charge in [-0.05, 0) is 19.8 Å². The maximum Gasteiger partial charge on any atom is 0.306 e. The van der Waals surface area contributed by atoms with Crippen molar-refractivity contribution in [2.45, 2.75) is 44.3 Å². The third-order valence-electron chi connectivity index (χ3n) is 3.25. The van der Waals surface area contributed by atoms with Gasteiger partial charge in [0.1, 0.15) is 5.60 Å². The van der Waals surface area contributed by atoms with Gasteiger partial charge in [0.25, 0.3) is 0 Å². The summed E-state index contributed by atoms with van der Waals surface area (Å²) in [4.78, 5) is 11.0. The summed E-state index contributed by atoms with van der Waals surface area (Å²) in [5.41, 5.74) is -0.574. The fraction of sp³-hybridized carbons (Fsp3) is 0.889. The molecule has 2 rings (SSSR count). The largest absolute Gasteiger partial charge is 0.456 e. The first-order valence-corrected chi connectivity index (χ1v) is 4.53. The van der Waals surface area contributed by atoms with Gasteiger partial charge in [-0.15, -0.1) is 0 Å². The molecule has 1 N–H and O–H groups in total. The van der Waals surface area contributed by atoms with E-state index >= 15 is 0 Å². The number of carbonyl (C=O) groups is 1. The van der Waals surface area contributed by atoms with E-state index in [9.17, 15) is 9.90 Å². The molecule has 0 spiro atoms. The molecule has 0 aromatic carbocycles. The minimum Gasteiger partial charge on any atom is -0.456 e. The van der Waals surface area contributed by atoms with Crippen LogP contribution in [-0.4, -0.2) is 22.8 Å². The number of ether oxygens (including phenoxy) is 1. The molecule has 3 nitrogen and oxygen atoms in total. The highest BCUT2D eigenvalue weighted by Gasteiger charge is 2.51. The Hall–Kier alpha value is -0.570. The van der Waals surface area contributed by atoms with Gasteiger partial charge in [-0.2, -0.15) is 0 Å². The third-order valence-corrected chi connectivity index (χ3v) is 3.25. The Balaban J connectivity index is 2.23. The summed E-state index contributed by atoms with van der Waals surface area (Å²) in [5, 5.41) is 9.68. The van der Waals surface area contributed by atoms with Crippen molar-refractivity contribution in [3.63, 3.8) is 0 Å². The van der Waals surface area contributed by atoms with Crippen molar-refractivity contribution in [1.82, 2.24) is 0 Å². The standard InChI is InChI=1S/C9H14O3/c1-9-6(5-8(11)12-9)3-2-4-7(9)10/h6-7,10H,2-5H2,1H3. The van der Waals surface area contributed by atoms with Gasteiger partial charge in [0.2, 0.25) is 0 Å². The summed E-state index contributed by atoms with van der Waals surface area (Å²) >= 11 is 0. The fourth-order valence-electron chi connectivity index (χ4n) is 2.35. The van der Waals surface area contributed by atoms with Crippen molar-refractivity contribution in [2.24, 2.45) is 5.92 Å². The second-order valence-electron chi connectivity index (χ2n) is 4.01. The first-order valence-electron chi connectivity index (χ1n) is 4.53. The van der Waals surface area contributed by atoms with E-state index in [1.54, 1.807) is 0 Å². The predicted molar refractivity (Wildman–Crippen MR) is 42.5 cm³/mol. The van der Waals surface area contributed by atoms with Crippen LogP contribution in [0.1, 0.15) is 32.6 Å². The number of hydrogen-bond donors (Lipinski definition) is 1. The third kappa shape index (κ3) is 0.959. The molecule has 3 heteroatoms. The molecule has 12 heavy (non-hydrogen) atoms. The van der Waals surface area contributed by atoms with Crippen LogP contribution >= 0.6 is 0 Å². The smallest absolute Gasteiger partial charge is 0.306 e. The molecule has 68 valence electrons. The van der Waals surface area contributed by atoms with E-state index < -0.39 is 11.7 Å². The van der Waals surface area contributed by atoms with Gasteiger partial charge in [-0.1, -0.05) is 6.42 Å². The predicted octanol–water partition coefficient (Wildman–Crippen LogP) is 0.853. The van der Waals surface area contributed by atoms with E-state index in [4.69, 9.17) is 4.74 Å². The zero-order chi connectivity index (χ0) is 8.77. The van der Waals surface area contributed by atoms with Crippen molar-refractivity contribution < 1.29 is 14.6 Å². The number of hydrogen-bond acceptors (Lipinski definition) is 3.